The Hall–Kier alpha value is -2.06. The van der Waals surface area contributed by atoms with Gasteiger partial charge in [0.25, 0.3) is 15.9 Å². The fourth-order valence-electron chi connectivity index (χ4n) is 1.42. The van der Waals surface area contributed by atoms with E-state index in [-0.39, 0.29) is 16.2 Å². The van der Waals surface area contributed by atoms with Gasteiger partial charge in [0.1, 0.15) is 5.75 Å². The number of phenols is 1. The number of thiophene rings is 1. The molecule has 0 aliphatic heterocycles. The summed E-state index contributed by atoms with van der Waals surface area (Å²) in [7, 11) is -3.82. The molecule has 0 saturated carbocycles. The van der Waals surface area contributed by atoms with Crippen LogP contribution >= 0.6 is 11.3 Å². The lowest BCUT2D eigenvalue weighted by Crippen LogP contribution is -2.15. The second-order valence-electron chi connectivity index (χ2n) is 3.66. The van der Waals surface area contributed by atoms with E-state index in [0.717, 1.165) is 12.1 Å². The molecule has 8 heteroatoms. The molecule has 0 radical (unpaired) electrons. The van der Waals surface area contributed by atoms with Crippen LogP contribution in [0.2, 0.25) is 0 Å². The van der Waals surface area contributed by atoms with Gasteiger partial charge in [-0.15, -0.1) is 0 Å². The molecule has 0 bridgehead atoms. The average Bonchev–Trinajstić information content (AvgIpc) is 2.80. The van der Waals surface area contributed by atoms with E-state index < -0.39 is 15.9 Å². The van der Waals surface area contributed by atoms with Crippen LogP contribution in [0.3, 0.4) is 0 Å². The van der Waals surface area contributed by atoms with Crippen LogP contribution < -0.4 is 10.5 Å². The summed E-state index contributed by atoms with van der Waals surface area (Å²) >= 11 is 1.34. The standard InChI is InChI=1S/C11H10N2O4S2/c12-11(15)9-5-8(1-2-10(9)14)19(16,17)13-7-3-4-18-6-7/h1-6,13-14H,(H2,12,15). The molecule has 0 saturated heterocycles. The van der Waals surface area contributed by atoms with Crippen molar-refractivity contribution in [3.05, 3.63) is 40.6 Å². The number of nitrogens with one attached hydrogen (secondary N) is 1. The largest absolute Gasteiger partial charge is 0.507 e. The van der Waals surface area contributed by atoms with Gasteiger partial charge in [0.15, 0.2) is 0 Å². The molecule has 0 atom stereocenters. The van der Waals surface area contributed by atoms with Crippen molar-refractivity contribution in [2.75, 3.05) is 4.72 Å². The Labute approximate surface area is 113 Å². The number of hydrogen-bond donors (Lipinski definition) is 3. The molecule has 2 rings (SSSR count). The molecule has 1 heterocycles. The molecule has 0 spiro atoms. The highest BCUT2D eigenvalue weighted by atomic mass is 32.2. The fourth-order valence-corrected chi connectivity index (χ4v) is 3.15. The highest BCUT2D eigenvalue weighted by molar-refractivity contribution is 7.92. The normalized spacial score (nSPS) is 11.2. The van der Waals surface area contributed by atoms with Crippen LogP contribution in [0, 0.1) is 0 Å². The van der Waals surface area contributed by atoms with Crippen molar-refractivity contribution in [2.24, 2.45) is 5.73 Å². The Bertz CT molecular complexity index is 708. The van der Waals surface area contributed by atoms with Crippen molar-refractivity contribution < 1.29 is 18.3 Å². The van der Waals surface area contributed by atoms with E-state index in [4.69, 9.17) is 5.73 Å². The van der Waals surface area contributed by atoms with E-state index in [1.165, 1.54) is 17.4 Å². The molecular formula is C11H10N2O4S2. The first-order chi connectivity index (χ1) is 8.90. The van der Waals surface area contributed by atoms with Gasteiger partial charge in [0.05, 0.1) is 16.1 Å². The maximum Gasteiger partial charge on any atom is 0.261 e. The molecule has 0 aliphatic carbocycles. The van der Waals surface area contributed by atoms with Crippen LogP contribution in [0.1, 0.15) is 10.4 Å². The lowest BCUT2D eigenvalue weighted by atomic mass is 10.2. The molecule has 100 valence electrons. The molecule has 19 heavy (non-hydrogen) atoms. The highest BCUT2D eigenvalue weighted by Crippen LogP contribution is 2.23. The summed E-state index contributed by atoms with van der Waals surface area (Å²) in [6.45, 7) is 0. The Kier molecular flexibility index (Phi) is 3.45. The predicted molar refractivity (Wildman–Crippen MR) is 71.8 cm³/mol. The quantitative estimate of drug-likeness (QED) is 0.791. The summed E-state index contributed by atoms with van der Waals surface area (Å²) in [5.74, 6) is -1.26. The summed E-state index contributed by atoms with van der Waals surface area (Å²) in [4.78, 5) is 10.9. The van der Waals surface area contributed by atoms with Gasteiger partial charge in [-0.2, -0.15) is 11.3 Å². The SMILES string of the molecule is NC(=O)c1cc(S(=O)(=O)Nc2ccsc2)ccc1O. The number of anilines is 1. The third kappa shape index (κ3) is 2.85. The van der Waals surface area contributed by atoms with E-state index in [0.29, 0.717) is 5.69 Å². The lowest BCUT2D eigenvalue weighted by molar-refractivity contribution is 0.0997. The lowest BCUT2D eigenvalue weighted by Gasteiger charge is -2.08. The average molecular weight is 298 g/mol. The molecule has 4 N–H and O–H groups in total. The van der Waals surface area contributed by atoms with Gasteiger partial charge in [0, 0.05) is 5.38 Å². The van der Waals surface area contributed by atoms with Crippen LogP contribution in [0.25, 0.3) is 0 Å². The molecule has 0 fully saturated rings. The van der Waals surface area contributed by atoms with Gasteiger partial charge in [-0.1, -0.05) is 0 Å². The Balaban J connectivity index is 2.41. The number of amides is 1. The summed E-state index contributed by atoms with van der Waals surface area (Å²) < 4.78 is 26.4. The van der Waals surface area contributed by atoms with Gasteiger partial charge in [0.2, 0.25) is 0 Å². The minimum atomic E-state index is -3.82. The fraction of sp³-hybridized carbons (Fsp3) is 0. The topological polar surface area (TPSA) is 109 Å². The van der Waals surface area contributed by atoms with E-state index in [1.807, 2.05) is 0 Å². The van der Waals surface area contributed by atoms with E-state index in [1.54, 1.807) is 16.8 Å². The van der Waals surface area contributed by atoms with Crippen molar-refractivity contribution in [3.63, 3.8) is 0 Å². The van der Waals surface area contributed by atoms with Crippen LogP contribution in [0.5, 0.6) is 5.75 Å². The molecular weight excluding hydrogens is 288 g/mol. The van der Waals surface area contributed by atoms with E-state index >= 15 is 0 Å². The van der Waals surface area contributed by atoms with Gasteiger partial charge in [-0.3, -0.25) is 9.52 Å². The zero-order valence-corrected chi connectivity index (χ0v) is 11.2. The number of nitrogens with two attached hydrogens (primary N) is 1. The van der Waals surface area contributed by atoms with Crippen molar-refractivity contribution in [1.82, 2.24) is 0 Å². The van der Waals surface area contributed by atoms with Gasteiger partial charge in [-0.05, 0) is 29.6 Å². The summed E-state index contributed by atoms with van der Waals surface area (Å²) in [5.41, 5.74) is 5.24. The van der Waals surface area contributed by atoms with Gasteiger partial charge >= 0.3 is 0 Å². The van der Waals surface area contributed by atoms with Crippen LogP contribution in [0.15, 0.2) is 39.9 Å². The first kappa shape index (κ1) is 13.4. The summed E-state index contributed by atoms with van der Waals surface area (Å²) in [6, 6.07) is 4.95. The van der Waals surface area contributed by atoms with E-state index in [9.17, 15) is 18.3 Å². The van der Waals surface area contributed by atoms with Crippen LogP contribution in [0.4, 0.5) is 5.69 Å². The monoisotopic (exact) mass is 298 g/mol. The summed E-state index contributed by atoms with van der Waals surface area (Å²) in [6.07, 6.45) is 0. The molecule has 6 nitrogen and oxygen atoms in total. The Morgan fingerprint density at radius 1 is 1.32 bits per heavy atom. The third-order valence-electron chi connectivity index (χ3n) is 2.32. The van der Waals surface area contributed by atoms with Crippen molar-refractivity contribution in [1.29, 1.82) is 0 Å². The third-order valence-corrected chi connectivity index (χ3v) is 4.38. The smallest absolute Gasteiger partial charge is 0.261 e. The zero-order valence-electron chi connectivity index (χ0n) is 9.53. The number of aromatic hydroxyl groups is 1. The molecule has 1 aromatic heterocycles. The number of primary amides is 1. The van der Waals surface area contributed by atoms with Crippen LogP contribution in [-0.4, -0.2) is 19.4 Å². The number of rotatable bonds is 4. The second-order valence-corrected chi connectivity index (χ2v) is 6.12. The van der Waals surface area contributed by atoms with Gasteiger partial charge in [-0.25, -0.2) is 8.42 Å². The molecule has 2 aromatic rings. The zero-order chi connectivity index (χ0) is 14.0. The maximum atomic E-state index is 12.0. The number of carbonyl (C=O) groups is 1. The summed E-state index contributed by atoms with van der Waals surface area (Å²) in [5, 5.41) is 12.8. The van der Waals surface area contributed by atoms with Crippen LogP contribution in [-0.2, 0) is 10.0 Å². The maximum absolute atomic E-state index is 12.0. The van der Waals surface area contributed by atoms with Crippen molar-refractivity contribution in [2.45, 2.75) is 4.90 Å². The molecule has 1 amide bonds. The Morgan fingerprint density at radius 2 is 2.05 bits per heavy atom. The van der Waals surface area contributed by atoms with E-state index in [2.05, 4.69) is 4.72 Å². The first-order valence-corrected chi connectivity index (χ1v) is 7.50. The molecule has 0 unspecified atom stereocenters. The first-order valence-electron chi connectivity index (χ1n) is 5.08. The minimum absolute atomic E-state index is 0.148. The highest BCUT2D eigenvalue weighted by Gasteiger charge is 2.18. The second kappa shape index (κ2) is 4.90. The Morgan fingerprint density at radius 3 is 2.63 bits per heavy atom. The van der Waals surface area contributed by atoms with Crippen molar-refractivity contribution in [3.8, 4) is 5.75 Å². The number of carbonyl (C=O) groups excluding carboxylic acids is 1. The number of hydrogen-bond acceptors (Lipinski definition) is 5. The number of sulfonamides is 1. The predicted octanol–water partition coefficient (Wildman–Crippen LogP) is 1.35. The molecule has 0 aliphatic rings. The van der Waals surface area contributed by atoms with Gasteiger partial charge < -0.3 is 10.8 Å². The number of benzene rings is 1. The molecule has 1 aromatic carbocycles. The minimum Gasteiger partial charge on any atom is -0.507 e. The van der Waals surface area contributed by atoms with Crippen molar-refractivity contribution >= 4 is 33.0 Å².